The lowest BCUT2D eigenvalue weighted by Crippen LogP contribution is -2.20. The molecule has 0 fully saturated rings. The molecule has 1 aromatic carbocycles. The summed E-state index contributed by atoms with van der Waals surface area (Å²) < 4.78 is 13.2. The third-order valence-electron chi connectivity index (χ3n) is 4.15. The Morgan fingerprint density at radius 1 is 1.19 bits per heavy atom. The number of aromatic amines is 1. The molecule has 5 nitrogen and oxygen atoms in total. The van der Waals surface area contributed by atoms with Gasteiger partial charge in [-0.15, -0.1) is 0 Å². The summed E-state index contributed by atoms with van der Waals surface area (Å²) in [6.45, 7) is 0.272. The molecule has 1 aliphatic rings. The number of halogens is 3. The molecule has 0 unspecified atom stereocenters. The Morgan fingerprint density at radius 2 is 2.04 bits per heavy atom. The fourth-order valence-corrected chi connectivity index (χ4v) is 3.42. The number of hydrogen-bond donors (Lipinski definition) is 1. The standard InChI is InChI=1S/C18H13Cl2FN4O/c19-12-2-1-11(13(20)7-12)5-10-6-17(26)25(8-10)9-16-22-14-3-4-15(21)23-18(14)24-16/h1-4,7-8H,5-6,9H2,(H,22,23,24). The third kappa shape index (κ3) is 3.43. The van der Waals surface area contributed by atoms with Crippen LogP contribution in [0.2, 0.25) is 10.0 Å². The zero-order valence-electron chi connectivity index (χ0n) is 13.5. The molecule has 8 heteroatoms. The largest absolute Gasteiger partial charge is 0.339 e. The molecule has 0 spiro atoms. The summed E-state index contributed by atoms with van der Waals surface area (Å²) in [5.74, 6) is -0.0621. The van der Waals surface area contributed by atoms with Crippen LogP contribution in [0, 0.1) is 5.95 Å². The number of H-pyrrole nitrogens is 1. The van der Waals surface area contributed by atoms with Gasteiger partial charge in [0.2, 0.25) is 11.9 Å². The van der Waals surface area contributed by atoms with Crippen molar-refractivity contribution in [2.45, 2.75) is 19.4 Å². The van der Waals surface area contributed by atoms with Crippen LogP contribution in [0.15, 0.2) is 42.1 Å². The van der Waals surface area contributed by atoms with Gasteiger partial charge in [0.25, 0.3) is 0 Å². The maximum Gasteiger partial charge on any atom is 0.231 e. The first-order valence-electron chi connectivity index (χ1n) is 7.92. The van der Waals surface area contributed by atoms with Gasteiger partial charge in [-0.2, -0.15) is 9.37 Å². The van der Waals surface area contributed by atoms with Crippen LogP contribution in [-0.2, 0) is 17.8 Å². The summed E-state index contributed by atoms with van der Waals surface area (Å²) in [4.78, 5) is 24.9. The monoisotopic (exact) mass is 390 g/mol. The minimum Gasteiger partial charge on any atom is -0.339 e. The Balaban J connectivity index is 1.52. The average molecular weight is 391 g/mol. The molecule has 1 amide bonds. The number of pyridine rings is 1. The number of aromatic nitrogens is 3. The smallest absolute Gasteiger partial charge is 0.231 e. The minimum absolute atomic E-state index is 0.0234. The molecule has 4 rings (SSSR count). The van der Waals surface area contributed by atoms with E-state index >= 15 is 0 Å². The van der Waals surface area contributed by atoms with E-state index in [1.807, 2.05) is 12.3 Å². The highest BCUT2D eigenvalue weighted by Gasteiger charge is 2.23. The Bertz CT molecular complexity index is 1050. The zero-order chi connectivity index (χ0) is 18.3. The van der Waals surface area contributed by atoms with Crippen LogP contribution in [0.3, 0.4) is 0 Å². The van der Waals surface area contributed by atoms with Crippen LogP contribution in [-0.4, -0.2) is 25.8 Å². The number of carbonyl (C=O) groups is 1. The Hall–Kier alpha value is -2.44. The predicted molar refractivity (Wildman–Crippen MR) is 97.3 cm³/mol. The first-order valence-corrected chi connectivity index (χ1v) is 8.67. The number of carbonyl (C=O) groups excluding carboxylic acids is 1. The van der Waals surface area contributed by atoms with Gasteiger partial charge in [0.05, 0.1) is 18.5 Å². The van der Waals surface area contributed by atoms with Gasteiger partial charge in [-0.3, -0.25) is 4.79 Å². The summed E-state index contributed by atoms with van der Waals surface area (Å²) in [5, 5.41) is 1.15. The molecule has 0 saturated heterocycles. The first kappa shape index (κ1) is 17.0. The van der Waals surface area contributed by atoms with Crippen molar-refractivity contribution < 1.29 is 9.18 Å². The highest BCUT2D eigenvalue weighted by atomic mass is 35.5. The van der Waals surface area contributed by atoms with E-state index in [1.165, 1.54) is 6.07 Å². The summed E-state index contributed by atoms with van der Waals surface area (Å²) in [6, 6.07) is 8.16. The molecule has 3 heterocycles. The van der Waals surface area contributed by atoms with E-state index in [0.29, 0.717) is 39.9 Å². The molecule has 2 aromatic heterocycles. The van der Waals surface area contributed by atoms with Crippen LogP contribution in [0.25, 0.3) is 11.2 Å². The second-order valence-corrected chi connectivity index (χ2v) is 6.93. The summed E-state index contributed by atoms with van der Waals surface area (Å²) in [6.07, 6.45) is 2.71. The number of rotatable bonds is 4. The topological polar surface area (TPSA) is 61.9 Å². The molecule has 0 saturated carbocycles. The number of amides is 1. The van der Waals surface area contributed by atoms with Crippen molar-refractivity contribution in [3.05, 3.63) is 69.5 Å². The zero-order valence-corrected chi connectivity index (χ0v) is 15.0. The van der Waals surface area contributed by atoms with E-state index in [0.717, 1.165) is 11.1 Å². The minimum atomic E-state index is -0.588. The molecule has 0 radical (unpaired) electrons. The van der Waals surface area contributed by atoms with Crippen LogP contribution in [0.4, 0.5) is 4.39 Å². The van der Waals surface area contributed by atoms with Gasteiger partial charge in [-0.1, -0.05) is 29.3 Å². The SMILES string of the molecule is O=C1CC(Cc2ccc(Cl)cc2Cl)=CN1Cc1nc2nc(F)ccc2[nH]1. The van der Waals surface area contributed by atoms with Gasteiger partial charge in [0.1, 0.15) is 5.82 Å². The fourth-order valence-electron chi connectivity index (χ4n) is 2.94. The van der Waals surface area contributed by atoms with Crippen molar-refractivity contribution in [2.75, 3.05) is 0 Å². The van der Waals surface area contributed by atoms with E-state index in [1.54, 1.807) is 23.1 Å². The van der Waals surface area contributed by atoms with Gasteiger partial charge in [-0.05, 0) is 41.8 Å². The molecular weight excluding hydrogens is 378 g/mol. The van der Waals surface area contributed by atoms with Crippen molar-refractivity contribution in [1.82, 2.24) is 19.9 Å². The number of imidazole rings is 1. The predicted octanol–water partition coefficient (Wildman–Crippen LogP) is 4.26. The number of benzene rings is 1. The fraction of sp³-hybridized carbons (Fsp3) is 0.167. The maximum absolute atomic E-state index is 13.2. The number of nitrogens with zero attached hydrogens (tertiary/aromatic N) is 3. The van der Waals surface area contributed by atoms with Gasteiger partial charge >= 0.3 is 0 Å². The highest BCUT2D eigenvalue weighted by Crippen LogP contribution is 2.27. The van der Waals surface area contributed by atoms with Crippen molar-refractivity contribution in [3.63, 3.8) is 0 Å². The molecule has 0 aliphatic carbocycles. The Labute approximate surface area is 158 Å². The van der Waals surface area contributed by atoms with Crippen LogP contribution in [0.1, 0.15) is 17.8 Å². The van der Waals surface area contributed by atoms with Gasteiger partial charge < -0.3 is 9.88 Å². The second kappa shape index (κ2) is 6.70. The molecule has 1 N–H and O–H groups in total. The molecule has 3 aromatic rings. The summed E-state index contributed by atoms with van der Waals surface area (Å²) in [5.41, 5.74) is 2.80. The van der Waals surface area contributed by atoms with E-state index in [9.17, 15) is 9.18 Å². The Morgan fingerprint density at radius 3 is 2.85 bits per heavy atom. The molecule has 0 bridgehead atoms. The highest BCUT2D eigenvalue weighted by molar-refractivity contribution is 6.35. The lowest BCUT2D eigenvalue weighted by atomic mass is 10.0. The molecule has 26 heavy (non-hydrogen) atoms. The third-order valence-corrected chi connectivity index (χ3v) is 4.74. The van der Waals surface area contributed by atoms with Crippen LogP contribution >= 0.6 is 23.2 Å². The maximum atomic E-state index is 13.2. The molecule has 1 aliphatic heterocycles. The van der Waals surface area contributed by atoms with E-state index in [-0.39, 0.29) is 12.5 Å². The second-order valence-electron chi connectivity index (χ2n) is 6.09. The number of nitrogens with one attached hydrogen (secondary N) is 1. The summed E-state index contributed by atoms with van der Waals surface area (Å²) >= 11 is 12.1. The normalized spacial score (nSPS) is 14.3. The Kier molecular flexibility index (Phi) is 4.38. The number of fused-ring (bicyclic) bond motifs is 1. The van der Waals surface area contributed by atoms with Crippen LogP contribution in [0.5, 0.6) is 0 Å². The lowest BCUT2D eigenvalue weighted by molar-refractivity contribution is -0.127. The summed E-state index contributed by atoms with van der Waals surface area (Å²) in [7, 11) is 0. The van der Waals surface area contributed by atoms with E-state index in [2.05, 4.69) is 15.0 Å². The quantitative estimate of drug-likeness (QED) is 0.676. The molecular formula is C18H13Cl2FN4O. The van der Waals surface area contributed by atoms with E-state index in [4.69, 9.17) is 23.2 Å². The van der Waals surface area contributed by atoms with Crippen molar-refractivity contribution in [3.8, 4) is 0 Å². The van der Waals surface area contributed by atoms with Gasteiger partial charge in [0.15, 0.2) is 5.65 Å². The van der Waals surface area contributed by atoms with Crippen molar-refractivity contribution >= 4 is 40.3 Å². The average Bonchev–Trinajstić information content (AvgIpc) is 3.13. The van der Waals surface area contributed by atoms with Crippen LogP contribution < -0.4 is 0 Å². The number of hydrogen-bond acceptors (Lipinski definition) is 3. The van der Waals surface area contributed by atoms with Gasteiger partial charge in [0, 0.05) is 16.2 Å². The molecule has 132 valence electrons. The van der Waals surface area contributed by atoms with Gasteiger partial charge in [-0.25, -0.2) is 4.98 Å². The van der Waals surface area contributed by atoms with Crippen molar-refractivity contribution in [1.29, 1.82) is 0 Å². The molecule has 0 atom stereocenters. The first-order chi connectivity index (χ1) is 12.5. The van der Waals surface area contributed by atoms with E-state index < -0.39 is 5.95 Å². The van der Waals surface area contributed by atoms with Crippen molar-refractivity contribution in [2.24, 2.45) is 0 Å². The lowest BCUT2D eigenvalue weighted by Gasteiger charge is -2.10.